The summed E-state index contributed by atoms with van der Waals surface area (Å²) in [4.78, 5) is 0. The van der Waals surface area contributed by atoms with Gasteiger partial charge in [-0.15, -0.1) is 0 Å². The van der Waals surface area contributed by atoms with Gasteiger partial charge in [0.05, 0.1) is 5.39 Å². The Balaban J connectivity index is 2.61. The molecule has 3 nitrogen and oxygen atoms in total. The van der Waals surface area contributed by atoms with Crippen molar-refractivity contribution in [2.75, 3.05) is 6.54 Å². The Hall–Kier alpha value is -1.19. The summed E-state index contributed by atoms with van der Waals surface area (Å²) in [5, 5.41) is 11.0. The second-order valence-electron chi connectivity index (χ2n) is 3.05. The Morgan fingerprint density at radius 1 is 1.43 bits per heavy atom. The zero-order valence-corrected chi connectivity index (χ0v) is 8.21. The van der Waals surface area contributed by atoms with Crippen LogP contribution in [0, 0.1) is 0 Å². The highest BCUT2D eigenvalue weighted by Crippen LogP contribution is 2.33. The number of aromatic hydroxyl groups is 1. The molecule has 0 spiro atoms. The molecule has 2 rings (SSSR count). The molecule has 1 aromatic heterocycles. The molecule has 0 fully saturated rings. The summed E-state index contributed by atoms with van der Waals surface area (Å²) < 4.78 is 5.41. The predicted octanol–water partition coefficient (Wildman–Crippen LogP) is 2.29. The van der Waals surface area contributed by atoms with Crippen molar-refractivity contribution in [3.05, 3.63) is 29.0 Å². The molecule has 1 aromatic carbocycles. The number of hydrogen-bond donors (Lipinski definition) is 2. The van der Waals surface area contributed by atoms with E-state index < -0.39 is 0 Å². The molecule has 74 valence electrons. The normalized spacial score (nSPS) is 11.0. The molecule has 1 heterocycles. The highest BCUT2D eigenvalue weighted by Gasteiger charge is 2.12. The van der Waals surface area contributed by atoms with Gasteiger partial charge in [0.2, 0.25) is 0 Å². The van der Waals surface area contributed by atoms with Gasteiger partial charge in [-0.3, -0.25) is 0 Å². The summed E-state index contributed by atoms with van der Waals surface area (Å²) >= 11 is 5.79. The van der Waals surface area contributed by atoms with Gasteiger partial charge in [0.25, 0.3) is 0 Å². The van der Waals surface area contributed by atoms with Gasteiger partial charge >= 0.3 is 0 Å². The predicted molar refractivity (Wildman–Crippen MR) is 55.6 cm³/mol. The van der Waals surface area contributed by atoms with Crippen molar-refractivity contribution in [2.45, 2.75) is 6.42 Å². The number of nitrogens with two attached hydrogens (primary N) is 1. The van der Waals surface area contributed by atoms with Crippen LogP contribution in [0.2, 0.25) is 5.02 Å². The largest absolute Gasteiger partial charge is 0.504 e. The van der Waals surface area contributed by atoms with Crippen molar-refractivity contribution in [1.29, 1.82) is 0 Å². The molecule has 0 atom stereocenters. The van der Waals surface area contributed by atoms with Gasteiger partial charge in [0.1, 0.15) is 11.3 Å². The Kier molecular flexibility index (Phi) is 2.35. The van der Waals surface area contributed by atoms with Crippen LogP contribution in [0.25, 0.3) is 11.0 Å². The van der Waals surface area contributed by atoms with Crippen LogP contribution in [-0.4, -0.2) is 11.7 Å². The van der Waals surface area contributed by atoms with Crippen molar-refractivity contribution in [3.63, 3.8) is 0 Å². The van der Waals surface area contributed by atoms with Crippen molar-refractivity contribution < 1.29 is 9.52 Å². The SMILES string of the molecule is NCCc1oc2cc(Cl)ccc2c1O. The highest BCUT2D eigenvalue weighted by molar-refractivity contribution is 6.31. The molecule has 0 bridgehead atoms. The molecule has 0 aliphatic carbocycles. The Bertz CT molecular complexity index is 464. The van der Waals surface area contributed by atoms with E-state index in [-0.39, 0.29) is 5.75 Å². The minimum absolute atomic E-state index is 0.169. The van der Waals surface area contributed by atoms with Crippen molar-refractivity contribution in [3.8, 4) is 5.75 Å². The highest BCUT2D eigenvalue weighted by atomic mass is 35.5. The van der Waals surface area contributed by atoms with Crippen LogP contribution < -0.4 is 5.73 Å². The molecular weight excluding hydrogens is 202 g/mol. The van der Waals surface area contributed by atoms with Crippen LogP contribution in [0.3, 0.4) is 0 Å². The zero-order chi connectivity index (χ0) is 10.1. The van der Waals surface area contributed by atoms with E-state index in [1.54, 1.807) is 18.2 Å². The van der Waals surface area contributed by atoms with Gasteiger partial charge in [-0.05, 0) is 18.7 Å². The molecule has 14 heavy (non-hydrogen) atoms. The lowest BCUT2D eigenvalue weighted by Crippen LogP contribution is -2.01. The van der Waals surface area contributed by atoms with Gasteiger partial charge < -0.3 is 15.3 Å². The van der Waals surface area contributed by atoms with Gasteiger partial charge in [0.15, 0.2) is 5.75 Å². The molecule has 2 aromatic rings. The van der Waals surface area contributed by atoms with Crippen molar-refractivity contribution in [1.82, 2.24) is 0 Å². The van der Waals surface area contributed by atoms with Crippen LogP contribution in [0.1, 0.15) is 5.76 Å². The Labute approximate surface area is 86.1 Å². The fourth-order valence-electron chi connectivity index (χ4n) is 1.41. The van der Waals surface area contributed by atoms with Crippen LogP contribution in [0.4, 0.5) is 0 Å². The minimum atomic E-state index is 0.169. The number of halogens is 1. The number of furan rings is 1. The topological polar surface area (TPSA) is 59.4 Å². The Morgan fingerprint density at radius 2 is 2.21 bits per heavy atom. The fraction of sp³-hybridized carbons (Fsp3) is 0.200. The molecule has 0 radical (unpaired) electrons. The molecule has 0 aliphatic heterocycles. The van der Waals surface area contributed by atoms with E-state index in [2.05, 4.69) is 0 Å². The summed E-state index contributed by atoms with van der Waals surface area (Å²) in [5.41, 5.74) is 5.98. The van der Waals surface area contributed by atoms with E-state index in [0.717, 1.165) is 0 Å². The standard InChI is InChI=1S/C10H10ClNO2/c11-6-1-2-7-9(5-6)14-8(3-4-12)10(7)13/h1-2,5,13H,3-4,12H2. The van der Waals surface area contributed by atoms with Crippen molar-refractivity contribution in [2.24, 2.45) is 5.73 Å². The molecule has 0 saturated carbocycles. The van der Waals surface area contributed by atoms with Crippen LogP contribution in [0.15, 0.2) is 22.6 Å². The lowest BCUT2D eigenvalue weighted by Gasteiger charge is -1.91. The minimum Gasteiger partial charge on any atom is -0.504 e. The Morgan fingerprint density at radius 3 is 2.93 bits per heavy atom. The summed E-state index contributed by atoms with van der Waals surface area (Å²) in [5.74, 6) is 0.687. The number of hydrogen-bond acceptors (Lipinski definition) is 3. The lowest BCUT2D eigenvalue weighted by molar-refractivity contribution is 0.441. The third kappa shape index (κ3) is 1.45. The van der Waals surface area contributed by atoms with E-state index in [1.807, 2.05) is 0 Å². The first kappa shape index (κ1) is 9.37. The summed E-state index contributed by atoms with van der Waals surface area (Å²) in [6, 6.07) is 5.12. The van der Waals surface area contributed by atoms with Crippen LogP contribution in [-0.2, 0) is 6.42 Å². The molecule has 0 amide bonds. The first-order valence-electron chi connectivity index (χ1n) is 4.32. The number of rotatable bonds is 2. The smallest absolute Gasteiger partial charge is 0.165 e. The van der Waals surface area contributed by atoms with E-state index in [9.17, 15) is 5.11 Å². The first-order chi connectivity index (χ1) is 6.72. The summed E-state index contributed by atoms with van der Waals surface area (Å²) in [6.45, 7) is 0.446. The number of fused-ring (bicyclic) bond motifs is 1. The van der Waals surface area contributed by atoms with Gasteiger partial charge in [0, 0.05) is 17.5 Å². The van der Waals surface area contributed by atoms with E-state index in [4.69, 9.17) is 21.8 Å². The molecule has 0 unspecified atom stereocenters. The third-order valence-corrected chi connectivity index (χ3v) is 2.30. The van der Waals surface area contributed by atoms with Gasteiger partial charge in [-0.2, -0.15) is 0 Å². The quantitative estimate of drug-likeness (QED) is 0.801. The van der Waals surface area contributed by atoms with Gasteiger partial charge in [-0.1, -0.05) is 11.6 Å². The summed E-state index contributed by atoms with van der Waals surface area (Å²) in [7, 11) is 0. The second kappa shape index (κ2) is 3.52. The molecular formula is C10H10ClNO2. The molecule has 3 N–H and O–H groups in total. The fourth-order valence-corrected chi connectivity index (χ4v) is 1.57. The van der Waals surface area contributed by atoms with E-state index in [1.165, 1.54) is 0 Å². The molecule has 0 aliphatic rings. The number of benzene rings is 1. The monoisotopic (exact) mass is 211 g/mol. The second-order valence-corrected chi connectivity index (χ2v) is 3.49. The third-order valence-electron chi connectivity index (χ3n) is 2.07. The first-order valence-corrected chi connectivity index (χ1v) is 4.70. The van der Waals surface area contributed by atoms with E-state index in [0.29, 0.717) is 34.7 Å². The van der Waals surface area contributed by atoms with E-state index >= 15 is 0 Å². The molecule has 4 heteroatoms. The zero-order valence-electron chi connectivity index (χ0n) is 7.46. The average Bonchev–Trinajstić information content (AvgIpc) is 2.44. The lowest BCUT2D eigenvalue weighted by atomic mass is 10.2. The average molecular weight is 212 g/mol. The molecule has 0 saturated heterocycles. The van der Waals surface area contributed by atoms with Crippen molar-refractivity contribution >= 4 is 22.6 Å². The maximum Gasteiger partial charge on any atom is 0.165 e. The maximum absolute atomic E-state index is 9.72. The maximum atomic E-state index is 9.72. The van der Waals surface area contributed by atoms with Crippen LogP contribution in [0.5, 0.6) is 5.75 Å². The van der Waals surface area contributed by atoms with Gasteiger partial charge in [-0.25, -0.2) is 0 Å². The summed E-state index contributed by atoms with van der Waals surface area (Å²) in [6.07, 6.45) is 0.526. The van der Waals surface area contributed by atoms with Crippen LogP contribution >= 0.6 is 11.6 Å².